The van der Waals surface area contributed by atoms with Gasteiger partial charge >= 0.3 is 0 Å². The number of likely N-dealkylation sites (N-methyl/N-ethyl adjacent to an activating group) is 1. The quantitative estimate of drug-likeness (QED) is 0.698. The van der Waals surface area contributed by atoms with Crippen molar-refractivity contribution in [2.24, 2.45) is 0 Å². The first-order valence-electron chi connectivity index (χ1n) is 5.67. The summed E-state index contributed by atoms with van der Waals surface area (Å²) in [5, 5.41) is 3.38. The second-order valence-corrected chi connectivity index (χ2v) is 4.00. The molecular formula is C12H22N2O. The van der Waals surface area contributed by atoms with Gasteiger partial charge in [-0.05, 0) is 39.1 Å². The number of nitrogens with zero attached hydrogens (tertiary/aromatic N) is 1. The summed E-state index contributed by atoms with van der Waals surface area (Å²) in [6.07, 6.45) is 1.20. The van der Waals surface area contributed by atoms with E-state index < -0.39 is 0 Å². The molecule has 0 unspecified atom stereocenters. The SMILES string of the molecule is CCCNCCN(C)Cc1ccc(C)o1. The lowest BCUT2D eigenvalue weighted by Gasteiger charge is -2.15. The van der Waals surface area contributed by atoms with Gasteiger partial charge in [0.05, 0.1) is 6.54 Å². The van der Waals surface area contributed by atoms with Crippen LogP contribution in [-0.2, 0) is 6.54 Å². The van der Waals surface area contributed by atoms with Gasteiger partial charge in [-0.3, -0.25) is 4.90 Å². The Morgan fingerprint density at radius 2 is 2.13 bits per heavy atom. The molecule has 3 heteroatoms. The maximum absolute atomic E-state index is 5.52. The number of furan rings is 1. The highest BCUT2D eigenvalue weighted by atomic mass is 16.3. The average molecular weight is 210 g/mol. The van der Waals surface area contributed by atoms with Gasteiger partial charge in [-0.2, -0.15) is 0 Å². The summed E-state index contributed by atoms with van der Waals surface area (Å²) in [6, 6.07) is 4.06. The van der Waals surface area contributed by atoms with Crippen LogP contribution in [-0.4, -0.2) is 31.6 Å². The van der Waals surface area contributed by atoms with Crippen molar-refractivity contribution in [3.05, 3.63) is 23.7 Å². The summed E-state index contributed by atoms with van der Waals surface area (Å²) < 4.78 is 5.52. The molecule has 1 aromatic heterocycles. The highest BCUT2D eigenvalue weighted by molar-refractivity contribution is 5.05. The van der Waals surface area contributed by atoms with E-state index in [1.807, 2.05) is 19.1 Å². The van der Waals surface area contributed by atoms with Gasteiger partial charge in [-0.15, -0.1) is 0 Å². The van der Waals surface area contributed by atoms with Crippen LogP contribution in [0.2, 0.25) is 0 Å². The van der Waals surface area contributed by atoms with E-state index in [2.05, 4.69) is 24.2 Å². The fourth-order valence-corrected chi connectivity index (χ4v) is 1.49. The van der Waals surface area contributed by atoms with Crippen molar-refractivity contribution in [1.82, 2.24) is 10.2 Å². The highest BCUT2D eigenvalue weighted by Gasteiger charge is 2.02. The third-order valence-electron chi connectivity index (χ3n) is 2.32. The summed E-state index contributed by atoms with van der Waals surface area (Å²) in [4.78, 5) is 2.26. The molecule has 0 bridgehead atoms. The molecule has 1 N–H and O–H groups in total. The first-order valence-corrected chi connectivity index (χ1v) is 5.67. The van der Waals surface area contributed by atoms with Crippen LogP contribution in [0, 0.1) is 6.92 Å². The Bertz CT molecular complexity index is 270. The Kier molecular flexibility index (Phi) is 5.43. The van der Waals surface area contributed by atoms with Gasteiger partial charge < -0.3 is 9.73 Å². The first-order chi connectivity index (χ1) is 7.22. The normalized spacial score (nSPS) is 11.2. The molecule has 86 valence electrons. The summed E-state index contributed by atoms with van der Waals surface area (Å²) >= 11 is 0. The highest BCUT2D eigenvalue weighted by Crippen LogP contribution is 2.07. The van der Waals surface area contributed by atoms with E-state index in [1.165, 1.54) is 6.42 Å². The fraction of sp³-hybridized carbons (Fsp3) is 0.667. The monoisotopic (exact) mass is 210 g/mol. The lowest BCUT2D eigenvalue weighted by atomic mass is 10.4. The van der Waals surface area contributed by atoms with Gasteiger partial charge in [0, 0.05) is 13.1 Å². The van der Waals surface area contributed by atoms with E-state index in [4.69, 9.17) is 4.42 Å². The van der Waals surface area contributed by atoms with Crippen molar-refractivity contribution in [1.29, 1.82) is 0 Å². The molecular weight excluding hydrogens is 188 g/mol. The van der Waals surface area contributed by atoms with Crippen molar-refractivity contribution < 1.29 is 4.42 Å². The van der Waals surface area contributed by atoms with Crippen molar-refractivity contribution in [3.8, 4) is 0 Å². The van der Waals surface area contributed by atoms with Gasteiger partial charge in [0.2, 0.25) is 0 Å². The van der Waals surface area contributed by atoms with Gasteiger partial charge in [-0.25, -0.2) is 0 Å². The smallest absolute Gasteiger partial charge is 0.118 e. The molecule has 1 aromatic rings. The van der Waals surface area contributed by atoms with E-state index in [9.17, 15) is 0 Å². The number of rotatable bonds is 7. The van der Waals surface area contributed by atoms with Crippen molar-refractivity contribution in [2.45, 2.75) is 26.8 Å². The Hall–Kier alpha value is -0.800. The Balaban J connectivity index is 2.15. The maximum Gasteiger partial charge on any atom is 0.118 e. The summed E-state index contributed by atoms with van der Waals surface area (Å²) in [7, 11) is 2.12. The van der Waals surface area contributed by atoms with Crippen LogP contribution in [0.3, 0.4) is 0 Å². The van der Waals surface area contributed by atoms with Crippen LogP contribution in [0.1, 0.15) is 24.9 Å². The Morgan fingerprint density at radius 1 is 1.33 bits per heavy atom. The number of nitrogens with one attached hydrogen (secondary N) is 1. The van der Waals surface area contributed by atoms with Crippen LogP contribution in [0.25, 0.3) is 0 Å². The molecule has 0 atom stereocenters. The molecule has 1 heterocycles. The molecule has 0 aromatic carbocycles. The molecule has 0 aliphatic carbocycles. The molecule has 0 aliphatic heterocycles. The zero-order chi connectivity index (χ0) is 11.1. The largest absolute Gasteiger partial charge is 0.465 e. The maximum atomic E-state index is 5.52. The molecule has 0 spiro atoms. The predicted molar refractivity (Wildman–Crippen MR) is 62.9 cm³/mol. The van der Waals surface area contributed by atoms with E-state index in [0.717, 1.165) is 37.7 Å². The third kappa shape index (κ3) is 5.00. The second kappa shape index (κ2) is 6.64. The second-order valence-electron chi connectivity index (χ2n) is 4.00. The third-order valence-corrected chi connectivity index (χ3v) is 2.32. The van der Waals surface area contributed by atoms with Crippen molar-refractivity contribution >= 4 is 0 Å². The van der Waals surface area contributed by atoms with Crippen molar-refractivity contribution in [2.75, 3.05) is 26.7 Å². The standard InChI is InChI=1S/C12H22N2O/c1-4-7-13-8-9-14(3)10-12-6-5-11(2)15-12/h5-6,13H,4,7-10H2,1-3H3. The first kappa shape index (κ1) is 12.3. The minimum atomic E-state index is 0.891. The predicted octanol–water partition coefficient (Wildman–Crippen LogP) is 2.02. The van der Waals surface area contributed by atoms with Gasteiger partial charge in [0.25, 0.3) is 0 Å². The molecule has 0 aliphatic rings. The lowest BCUT2D eigenvalue weighted by molar-refractivity contribution is 0.291. The molecule has 0 radical (unpaired) electrons. The van der Waals surface area contributed by atoms with Crippen LogP contribution >= 0.6 is 0 Å². The minimum Gasteiger partial charge on any atom is -0.465 e. The summed E-state index contributed by atoms with van der Waals surface area (Å²) in [5.74, 6) is 2.04. The van der Waals surface area contributed by atoms with E-state index in [0.29, 0.717) is 0 Å². The van der Waals surface area contributed by atoms with Crippen LogP contribution in [0.5, 0.6) is 0 Å². The molecule has 0 saturated heterocycles. The fourth-order valence-electron chi connectivity index (χ4n) is 1.49. The Labute approximate surface area is 92.5 Å². The zero-order valence-electron chi connectivity index (χ0n) is 10.0. The average Bonchev–Trinajstić information content (AvgIpc) is 2.59. The minimum absolute atomic E-state index is 0.891. The van der Waals surface area contributed by atoms with Crippen LogP contribution in [0.15, 0.2) is 16.5 Å². The van der Waals surface area contributed by atoms with Crippen LogP contribution in [0.4, 0.5) is 0 Å². The number of hydrogen-bond acceptors (Lipinski definition) is 3. The van der Waals surface area contributed by atoms with E-state index in [-0.39, 0.29) is 0 Å². The topological polar surface area (TPSA) is 28.4 Å². The molecule has 0 saturated carbocycles. The molecule has 15 heavy (non-hydrogen) atoms. The summed E-state index contributed by atoms with van der Waals surface area (Å²) in [5.41, 5.74) is 0. The summed E-state index contributed by atoms with van der Waals surface area (Å²) in [6.45, 7) is 8.26. The lowest BCUT2D eigenvalue weighted by Crippen LogP contribution is -2.29. The molecule has 1 rings (SSSR count). The molecule has 0 fully saturated rings. The Morgan fingerprint density at radius 3 is 2.73 bits per heavy atom. The van der Waals surface area contributed by atoms with Gasteiger partial charge in [0.15, 0.2) is 0 Å². The molecule has 3 nitrogen and oxygen atoms in total. The van der Waals surface area contributed by atoms with E-state index in [1.54, 1.807) is 0 Å². The van der Waals surface area contributed by atoms with Crippen molar-refractivity contribution in [3.63, 3.8) is 0 Å². The zero-order valence-corrected chi connectivity index (χ0v) is 10.0. The number of aryl methyl sites for hydroxylation is 1. The van der Waals surface area contributed by atoms with Gasteiger partial charge in [-0.1, -0.05) is 6.92 Å². The van der Waals surface area contributed by atoms with Gasteiger partial charge in [0.1, 0.15) is 11.5 Å². The van der Waals surface area contributed by atoms with Crippen LogP contribution < -0.4 is 5.32 Å². The van der Waals surface area contributed by atoms with E-state index >= 15 is 0 Å². The molecule has 0 amide bonds. The number of hydrogen-bond donors (Lipinski definition) is 1.